The Morgan fingerprint density at radius 2 is 2.00 bits per heavy atom. The number of methoxy groups -OCH3 is 1. The molecule has 0 aromatic heterocycles. The Kier molecular flexibility index (Phi) is 3.82. The molecule has 0 saturated heterocycles. The summed E-state index contributed by atoms with van der Waals surface area (Å²) in [5.41, 5.74) is 0.856. The van der Waals surface area contributed by atoms with E-state index in [2.05, 4.69) is 4.99 Å². The van der Waals surface area contributed by atoms with Crippen LogP contribution in [0.3, 0.4) is 0 Å². The Morgan fingerprint density at radius 3 is 2.54 bits per heavy atom. The predicted octanol–water partition coefficient (Wildman–Crippen LogP) is 2.39. The molecule has 1 aromatic carbocycles. The molecule has 0 unspecified atom stereocenters. The Hall–Kier alpha value is -1.51. The van der Waals surface area contributed by atoms with Crippen molar-refractivity contribution in [2.24, 2.45) is 4.99 Å². The standard InChI is InChI=1S/C10H13NO2/c1-3-13-8-11-9-4-6-10(12-2)7-5-9/h4-8H,3H2,1-2H3. The SMILES string of the molecule is CCOC=Nc1ccc(OC)cc1. The van der Waals surface area contributed by atoms with Crippen molar-refractivity contribution in [1.82, 2.24) is 0 Å². The number of nitrogens with zero attached hydrogens (tertiary/aromatic N) is 1. The quantitative estimate of drug-likeness (QED) is 0.525. The van der Waals surface area contributed by atoms with Gasteiger partial charge in [-0.15, -0.1) is 0 Å². The monoisotopic (exact) mass is 179 g/mol. The first kappa shape index (κ1) is 9.58. The molecule has 0 fully saturated rings. The fourth-order valence-corrected chi connectivity index (χ4v) is 0.841. The van der Waals surface area contributed by atoms with E-state index in [-0.39, 0.29) is 0 Å². The summed E-state index contributed by atoms with van der Waals surface area (Å²) >= 11 is 0. The molecule has 1 aromatic rings. The number of aliphatic imine (C=N–C) groups is 1. The normalized spacial score (nSPS) is 10.3. The lowest BCUT2D eigenvalue weighted by Crippen LogP contribution is -1.84. The van der Waals surface area contributed by atoms with Crippen molar-refractivity contribution in [2.45, 2.75) is 6.92 Å². The summed E-state index contributed by atoms with van der Waals surface area (Å²) in [4.78, 5) is 4.07. The zero-order valence-electron chi connectivity index (χ0n) is 7.86. The Balaban J connectivity index is 2.58. The summed E-state index contributed by atoms with van der Waals surface area (Å²) < 4.78 is 9.98. The van der Waals surface area contributed by atoms with Gasteiger partial charge in [-0.2, -0.15) is 0 Å². The number of benzene rings is 1. The summed E-state index contributed by atoms with van der Waals surface area (Å²) in [5, 5.41) is 0. The van der Waals surface area contributed by atoms with E-state index < -0.39 is 0 Å². The molecular formula is C10H13NO2. The average molecular weight is 179 g/mol. The second-order valence-electron chi connectivity index (χ2n) is 2.39. The van der Waals surface area contributed by atoms with Gasteiger partial charge in [0.05, 0.1) is 19.4 Å². The van der Waals surface area contributed by atoms with Crippen molar-refractivity contribution in [3.05, 3.63) is 24.3 Å². The van der Waals surface area contributed by atoms with E-state index in [0.29, 0.717) is 6.61 Å². The molecule has 3 nitrogen and oxygen atoms in total. The highest BCUT2D eigenvalue weighted by atomic mass is 16.5. The first-order valence-electron chi connectivity index (χ1n) is 4.15. The molecule has 3 heteroatoms. The van der Waals surface area contributed by atoms with Crippen molar-refractivity contribution >= 4 is 12.1 Å². The molecule has 0 saturated carbocycles. The van der Waals surface area contributed by atoms with Gasteiger partial charge in [0.15, 0.2) is 6.40 Å². The van der Waals surface area contributed by atoms with E-state index in [9.17, 15) is 0 Å². The topological polar surface area (TPSA) is 30.8 Å². The maximum absolute atomic E-state index is 5.01. The second-order valence-corrected chi connectivity index (χ2v) is 2.39. The van der Waals surface area contributed by atoms with Crippen LogP contribution in [-0.2, 0) is 4.74 Å². The molecule has 13 heavy (non-hydrogen) atoms. The lowest BCUT2D eigenvalue weighted by molar-refractivity contribution is 0.344. The highest BCUT2D eigenvalue weighted by molar-refractivity contribution is 5.56. The largest absolute Gasteiger partial charge is 0.497 e. The van der Waals surface area contributed by atoms with Crippen LogP contribution in [0, 0.1) is 0 Å². The van der Waals surface area contributed by atoms with E-state index in [0.717, 1.165) is 11.4 Å². The second kappa shape index (κ2) is 5.19. The van der Waals surface area contributed by atoms with Crippen molar-refractivity contribution in [3.63, 3.8) is 0 Å². The highest BCUT2D eigenvalue weighted by Crippen LogP contribution is 2.16. The van der Waals surface area contributed by atoms with Gasteiger partial charge in [0.25, 0.3) is 0 Å². The molecule has 0 heterocycles. The molecule has 0 aliphatic carbocycles. The molecule has 0 N–H and O–H groups in total. The third-order valence-electron chi connectivity index (χ3n) is 1.52. The summed E-state index contributed by atoms with van der Waals surface area (Å²) in [7, 11) is 1.64. The van der Waals surface area contributed by atoms with Gasteiger partial charge in [-0.3, -0.25) is 0 Å². The minimum atomic E-state index is 0.639. The molecule has 0 bridgehead atoms. The fourth-order valence-electron chi connectivity index (χ4n) is 0.841. The van der Waals surface area contributed by atoms with Crippen LogP contribution in [0.5, 0.6) is 5.75 Å². The minimum Gasteiger partial charge on any atom is -0.497 e. The van der Waals surface area contributed by atoms with Crippen LogP contribution >= 0.6 is 0 Å². The number of ether oxygens (including phenoxy) is 2. The first-order valence-corrected chi connectivity index (χ1v) is 4.15. The van der Waals surface area contributed by atoms with Gasteiger partial charge < -0.3 is 9.47 Å². The van der Waals surface area contributed by atoms with Crippen LogP contribution in [0.25, 0.3) is 0 Å². The molecule has 70 valence electrons. The first-order chi connectivity index (χ1) is 6.36. The lowest BCUT2D eigenvalue weighted by atomic mass is 10.3. The summed E-state index contributed by atoms with van der Waals surface area (Å²) in [6.07, 6.45) is 1.45. The molecular weight excluding hydrogens is 166 g/mol. The molecule has 0 aliphatic heterocycles. The van der Waals surface area contributed by atoms with E-state index in [1.165, 1.54) is 6.40 Å². The Bertz CT molecular complexity index is 267. The van der Waals surface area contributed by atoms with E-state index in [1.54, 1.807) is 7.11 Å². The zero-order chi connectivity index (χ0) is 9.52. The molecule has 0 aliphatic rings. The van der Waals surface area contributed by atoms with Crippen molar-refractivity contribution < 1.29 is 9.47 Å². The maximum Gasteiger partial charge on any atom is 0.174 e. The van der Waals surface area contributed by atoms with Gasteiger partial charge in [-0.05, 0) is 31.2 Å². The van der Waals surface area contributed by atoms with Crippen LogP contribution in [0.4, 0.5) is 5.69 Å². The highest BCUT2D eigenvalue weighted by Gasteiger charge is 1.89. The van der Waals surface area contributed by atoms with Crippen LogP contribution in [0.1, 0.15) is 6.92 Å². The van der Waals surface area contributed by atoms with Crippen LogP contribution in [-0.4, -0.2) is 20.1 Å². The molecule has 0 spiro atoms. The van der Waals surface area contributed by atoms with E-state index >= 15 is 0 Å². The molecule has 0 radical (unpaired) electrons. The van der Waals surface area contributed by atoms with Crippen molar-refractivity contribution in [2.75, 3.05) is 13.7 Å². The van der Waals surface area contributed by atoms with Crippen LogP contribution < -0.4 is 4.74 Å². The van der Waals surface area contributed by atoms with Gasteiger partial charge in [0.2, 0.25) is 0 Å². The van der Waals surface area contributed by atoms with E-state index in [4.69, 9.17) is 9.47 Å². The number of rotatable bonds is 4. The Morgan fingerprint density at radius 1 is 1.31 bits per heavy atom. The number of hydrogen-bond acceptors (Lipinski definition) is 3. The predicted molar refractivity (Wildman–Crippen MR) is 52.8 cm³/mol. The van der Waals surface area contributed by atoms with Crippen molar-refractivity contribution in [3.8, 4) is 5.75 Å². The van der Waals surface area contributed by atoms with Gasteiger partial charge in [0, 0.05) is 0 Å². The average Bonchev–Trinajstić information content (AvgIpc) is 2.19. The zero-order valence-corrected chi connectivity index (χ0v) is 7.86. The van der Waals surface area contributed by atoms with Crippen molar-refractivity contribution in [1.29, 1.82) is 0 Å². The van der Waals surface area contributed by atoms with Gasteiger partial charge >= 0.3 is 0 Å². The summed E-state index contributed by atoms with van der Waals surface area (Å²) in [5.74, 6) is 0.829. The Labute approximate surface area is 78.0 Å². The third-order valence-corrected chi connectivity index (χ3v) is 1.52. The number of hydrogen-bond donors (Lipinski definition) is 0. The summed E-state index contributed by atoms with van der Waals surface area (Å²) in [6, 6.07) is 7.46. The maximum atomic E-state index is 5.01. The molecule has 0 amide bonds. The van der Waals surface area contributed by atoms with Gasteiger partial charge in [-0.1, -0.05) is 0 Å². The minimum absolute atomic E-state index is 0.639. The fraction of sp³-hybridized carbons (Fsp3) is 0.300. The molecule has 0 atom stereocenters. The summed E-state index contributed by atoms with van der Waals surface area (Å²) in [6.45, 7) is 2.56. The van der Waals surface area contributed by atoms with Gasteiger partial charge in [0.1, 0.15) is 5.75 Å². The molecule has 1 rings (SSSR count). The van der Waals surface area contributed by atoms with Crippen LogP contribution in [0.15, 0.2) is 29.3 Å². The van der Waals surface area contributed by atoms with E-state index in [1.807, 2.05) is 31.2 Å². The van der Waals surface area contributed by atoms with Gasteiger partial charge in [-0.25, -0.2) is 4.99 Å². The third kappa shape index (κ3) is 3.15. The van der Waals surface area contributed by atoms with Crippen LogP contribution in [0.2, 0.25) is 0 Å². The lowest BCUT2D eigenvalue weighted by Gasteiger charge is -1.98. The smallest absolute Gasteiger partial charge is 0.174 e.